The van der Waals surface area contributed by atoms with Crippen molar-refractivity contribution in [2.24, 2.45) is 0 Å². The molecule has 1 aliphatic rings. The van der Waals surface area contributed by atoms with Crippen molar-refractivity contribution in [1.29, 1.82) is 0 Å². The van der Waals surface area contributed by atoms with Crippen LogP contribution in [-0.4, -0.2) is 21.9 Å². The standard InChI is InChI=1S/C22H19Cl2F3N4O/c1-12(13-5-3-2-4-6-13)28-21(32)18-11-20-29-17(14-7-8-15(23)16(24)9-14)10-19(22(25,26)27)31(20)30-18/h2-9,11-12,17,19,29H,10H2,1H3,(H,28,32). The Balaban J connectivity index is 1.61. The number of anilines is 1. The molecule has 0 aliphatic carbocycles. The third-order valence-electron chi connectivity index (χ3n) is 5.42. The van der Waals surface area contributed by atoms with Gasteiger partial charge in [0, 0.05) is 12.5 Å². The Morgan fingerprint density at radius 1 is 1.16 bits per heavy atom. The van der Waals surface area contributed by atoms with E-state index in [1.54, 1.807) is 19.1 Å². The summed E-state index contributed by atoms with van der Waals surface area (Å²) in [5, 5.41) is 10.4. The van der Waals surface area contributed by atoms with Crippen molar-refractivity contribution in [1.82, 2.24) is 15.1 Å². The topological polar surface area (TPSA) is 59.0 Å². The second kappa shape index (κ2) is 8.67. The number of hydrogen-bond acceptors (Lipinski definition) is 3. The minimum atomic E-state index is -4.55. The first-order valence-electron chi connectivity index (χ1n) is 9.87. The van der Waals surface area contributed by atoms with Gasteiger partial charge in [0.25, 0.3) is 5.91 Å². The first kappa shape index (κ1) is 22.5. The molecular weight excluding hydrogens is 464 g/mol. The minimum absolute atomic E-state index is 0.0979. The normalized spacial score (nSPS) is 19.1. The van der Waals surface area contributed by atoms with E-state index in [1.165, 1.54) is 12.1 Å². The molecule has 10 heteroatoms. The smallest absolute Gasteiger partial charge is 0.363 e. The van der Waals surface area contributed by atoms with Crippen LogP contribution in [0.5, 0.6) is 0 Å². The monoisotopic (exact) mass is 482 g/mol. The summed E-state index contributed by atoms with van der Waals surface area (Å²) in [6.45, 7) is 1.79. The lowest BCUT2D eigenvalue weighted by Gasteiger charge is -2.33. The van der Waals surface area contributed by atoms with Crippen molar-refractivity contribution in [3.8, 4) is 0 Å². The number of nitrogens with one attached hydrogen (secondary N) is 2. The zero-order valence-corrected chi connectivity index (χ0v) is 18.3. The third-order valence-corrected chi connectivity index (χ3v) is 6.15. The number of amides is 1. The summed E-state index contributed by atoms with van der Waals surface area (Å²) < 4.78 is 42.4. The molecule has 3 unspecified atom stereocenters. The van der Waals surface area contributed by atoms with Crippen LogP contribution >= 0.6 is 23.2 Å². The van der Waals surface area contributed by atoms with Crippen LogP contribution in [0, 0.1) is 0 Å². The Labute approximate surface area is 192 Å². The van der Waals surface area contributed by atoms with Crippen LogP contribution in [0.4, 0.5) is 19.0 Å². The largest absolute Gasteiger partial charge is 0.410 e. The van der Waals surface area contributed by atoms with E-state index in [0.717, 1.165) is 10.2 Å². The highest BCUT2D eigenvalue weighted by Crippen LogP contribution is 2.44. The summed E-state index contributed by atoms with van der Waals surface area (Å²) in [7, 11) is 0. The van der Waals surface area contributed by atoms with Crippen LogP contribution in [0.15, 0.2) is 54.6 Å². The van der Waals surface area contributed by atoms with Gasteiger partial charge in [0.05, 0.1) is 22.1 Å². The molecule has 2 aromatic carbocycles. The number of carbonyl (C=O) groups excluding carboxylic acids is 1. The second-order valence-electron chi connectivity index (χ2n) is 7.63. The van der Waals surface area contributed by atoms with Crippen molar-refractivity contribution >= 4 is 34.9 Å². The minimum Gasteiger partial charge on any atom is -0.363 e. The fourth-order valence-electron chi connectivity index (χ4n) is 3.73. The lowest BCUT2D eigenvalue weighted by molar-refractivity contribution is -0.173. The highest BCUT2D eigenvalue weighted by Gasteiger charge is 2.46. The number of benzene rings is 2. The summed E-state index contributed by atoms with van der Waals surface area (Å²) in [6.07, 6.45) is -4.86. The number of alkyl halides is 3. The Morgan fingerprint density at radius 2 is 1.88 bits per heavy atom. The average Bonchev–Trinajstić information content (AvgIpc) is 3.19. The van der Waals surface area contributed by atoms with Gasteiger partial charge >= 0.3 is 6.18 Å². The molecule has 0 radical (unpaired) electrons. The summed E-state index contributed by atoms with van der Waals surface area (Å²) in [5.74, 6) is -0.454. The van der Waals surface area contributed by atoms with E-state index in [-0.39, 0.29) is 29.0 Å². The van der Waals surface area contributed by atoms with Gasteiger partial charge < -0.3 is 10.6 Å². The first-order valence-corrected chi connectivity index (χ1v) is 10.6. The Morgan fingerprint density at radius 3 is 2.53 bits per heavy atom. The lowest BCUT2D eigenvalue weighted by atomic mass is 9.97. The zero-order valence-electron chi connectivity index (χ0n) is 16.8. The molecule has 32 heavy (non-hydrogen) atoms. The molecule has 5 nitrogen and oxygen atoms in total. The van der Waals surface area contributed by atoms with Crippen molar-refractivity contribution in [2.45, 2.75) is 37.6 Å². The molecule has 1 aromatic heterocycles. The van der Waals surface area contributed by atoms with E-state index in [0.29, 0.717) is 10.6 Å². The molecule has 3 aromatic rings. The summed E-state index contributed by atoms with van der Waals surface area (Å²) >= 11 is 12.0. The molecule has 3 atom stereocenters. The third kappa shape index (κ3) is 4.56. The Kier molecular flexibility index (Phi) is 6.09. The predicted octanol–water partition coefficient (Wildman–Crippen LogP) is 6.34. The van der Waals surface area contributed by atoms with Crippen LogP contribution < -0.4 is 10.6 Å². The number of rotatable bonds is 4. The molecule has 0 fully saturated rings. The number of halogens is 5. The maximum atomic E-state index is 13.9. The molecule has 0 saturated carbocycles. The van der Waals surface area contributed by atoms with Gasteiger partial charge in [-0.3, -0.25) is 4.79 Å². The predicted molar refractivity (Wildman–Crippen MR) is 117 cm³/mol. The number of aromatic nitrogens is 2. The van der Waals surface area contributed by atoms with Gasteiger partial charge in [-0.1, -0.05) is 59.6 Å². The van der Waals surface area contributed by atoms with Crippen LogP contribution in [0.2, 0.25) is 10.0 Å². The van der Waals surface area contributed by atoms with E-state index < -0.39 is 24.2 Å². The average molecular weight is 483 g/mol. The molecular formula is C22H19Cl2F3N4O. The van der Waals surface area contributed by atoms with Crippen LogP contribution in [0.25, 0.3) is 0 Å². The second-order valence-corrected chi connectivity index (χ2v) is 8.44. The molecule has 0 spiro atoms. The van der Waals surface area contributed by atoms with E-state index in [2.05, 4.69) is 15.7 Å². The maximum Gasteiger partial charge on any atom is 0.410 e. The van der Waals surface area contributed by atoms with Gasteiger partial charge in [0.15, 0.2) is 11.7 Å². The number of fused-ring (bicyclic) bond motifs is 1. The van der Waals surface area contributed by atoms with Crippen LogP contribution in [-0.2, 0) is 0 Å². The summed E-state index contributed by atoms with van der Waals surface area (Å²) in [5.41, 5.74) is 1.33. The van der Waals surface area contributed by atoms with Gasteiger partial charge in [0.1, 0.15) is 5.82 Å². The van der Waals surface area contributed by atoms with E-state index in [9.17, 15) is 18.0 Å². The van der Waals surface area contributed by atoms with Gasteiger partial charge in [0.2, 0.25) is 0 Å². The van der Waals surface area contributed by atoms with Crippen LogP contribution in [0.3, 0.4) is 0 Å². The number of carbonyl (C=O) groups is 1. The number of nitrogens with zero attached hydrogens (tertiary/aromatic N) is 2. The van der Waals surface area contributed by atoms with Gasteiger partial charge in [-0.15, -0.1) is 0 Å². The molecule has 1 aliphatic heterocycles. The van der Waals surface area contributed by atoms with Crippen molar-refractivity contribution in [3.63, 3.8) is 0 Å². The van der Waals surface area contributed by atoms with E-state index >= 15 is 0 Å². The summed E-state index contributed by atoms with van der Waals surface area (Å²) in [6, 6.07) is 12.4. The molecule has 4 rings (SSSR count). The molecule has 2 heterocycles. The highest BCUT2D eigenvalue weighted by atomic mass is 35.5. The fourth-order valence-corrected chi connectivity index (χ4v) is 4.03. The summed E-state index contributed by atoms with van der Waals surface area (Å²) in [4.78, 5) is 12.7. The van der Waals surface area contributed by atoms with Gasteiger partial charge in [-0.2, -0.15) is 18.3 Å². The van der Waals surface area contributed by atoms with Crippen molar-refractivity contribution in [2.75, 3.05) is 5.32 Å². The molecule has 0 saturated heterocycles. The first-order chi connectivity index (χ1) is 15.1. The molecule has 168 valence electrons. The fraction of sp³-hybridized carbons (Fsp3) is 0.273. The Bertz CT molecular complexity index is 1130. The molecule has 1 amide bonds. The highest BCUT2D eigenvalue weighted by molar-refractivity contribution is 6.42. The van der Waals surface area contributed by atoms with Gasteiger partial charge in [-0.25, -0.2) is 4.68 Å². The number of hydrogen-bond donors (Lipinski definition) is 2. The zero-order chi connectivity index (χ0) is 23.0. The molecule has 0 bridgehead atoms. The quantitative estimate of drug-likeness (QED) is 0.455. The van der Waals surface area contributed by atoms with Crippen LogP contribution in [0.1, 0.15) is 53.1 Å². The van der Waals surface area contributed by atoms with Gasteiger partial charge in [-0.05, 0) is 30.2 Å². The van der Waals surface area contributed by atoms with E-state index in [1.807, 2.05) is 30.3 Å². The maximum absolute atomic E-state index is 13.9. The van der Waals surface area contributed by atoms with E-state index in [4.69, 9.17) is 23.2 Å². The lowest BCUT2D eigenvalue weighted by Crippen LogP contribution is -2.36. The van der Waals surface area contributed by atoms with Crippen molar-refractivity contribution in [3.05, 3.63) is 81.5 Å². The van der Waals surface area contributed by atoms with Crippen molar-refractivity contribution < 1.29 is 18.0 Å². The SMILES string of the molecule is CC(NC(=O)c1cc2n(n1)C(C(F)(F)F)CC(c1ccc(Cl)c(Cl)c1)N2)c1ccccc1. The molecule has 2 N–H and O–H groups in total. The Hall–Kier alpha value is -2.71.